The molecule has 0 aromatic carbocycles. The van der Waals surface area contributed by atoms with Crippen molar-refractivity contribution in [2.24, 2.45) is 11.3 Å². The molecule has 1 N–H and O–H groups in total. The highest BCUT2D eigenvalue weighted by molar-refractivity contribution is 5.16. The summed E-state index contributed by atoms with van der Waals surface area (Å²) < 4.78 is 0. The van der Waals surface area contributed by atoms with Crippen LogP contribution in [-0.4, -0.2) is 13.1 Å². The van der Waals surface area contributed by atoms with Gasteiger partial charge in [0.15, 0.2) is 0 Å². The second kappa shape index (κ2) is 3.61. The van der Waals surface area contributed by atoms with Crippen LogP contribution < -0.4 is 5.32 Å². The van der Waals surface area contributed by atoms with Crippen LogP contribution in [-0.2, 0) is 0 Å². The number of nitrogens with one attached hydrogen (secondary N) is 1. The van der Waals surface area contributed by atoms with Crippen molar-refractivity contribution in [3.8, 4) is 0 Å². The Balaban J connectivity index is 2.72. The molecule has 1 aliphatic rings. The molecule has 1 heterocycles. The summed E-state index contributed by atoms with van der Waals surface area (Å²) in [5.74, 6) is 0.692. The Morgan fingerprint density at radius 2 is 2.08 bits per heavy atom. The minimum Gasteiger partial charge on any atom is -0.316 e. The smallest absolute Gasteiger partial charge is 0.00400 e. The second-order valence-electron chi connectivity index (χ2n) is 4.75. The summed E-state index contributed by atoms with van der Waals surface area (Å²) in [6.45, 7) is 11.4. The van der Waals surface area contributed by atoms with Crippen LogP contribution in [0.4, 0.5) is 0 Å². The van der Waals surface area contributed by atoms with Crippen molar-refractivity contribution < 1.29 is 0 Å². The van der Waals surface area contributed by atoms with Gasteiger partial charge < -0.3 is 5.32 Å². The van der Waals surface area contributed by atoms with Gasteiger partial charge in [-0.1, -0.05) is 39.3 Å². The van der Waals surface area contributed by atoms with Crippen molar-refractivity contribution in [3.63, 3.8) is 0 Å². The van der Waals surface area contributed by atoms with Crippen molar-refractivity contribution in [1.29, 1.82) is 0 Å². The highest BCUT2D eigenvalue weighted by Gasteiger charge is 2.25. The van der Waals surface area contributed by atoms with Crippen molar-refractivity contribution in [2.45, 2.75) is 34.1 Å². The van der Waals surface area contributed by atoms with E-state index >= 15 is 0 Å². The average molecular weight is 167 g/mol. The standard InChI is InChI=1S/C11H21N/c1-9(2)7-10-5-6-12-8-11(10,3)4/h7,9,12H,5-6,8H2,1-4H3/b10-7-. The summed E-state index contributed by atoms with van der Waals surface area (Å²) in [4.78, 5) is 0. The van der Waals surface area contributed by atoms with Crippen molar-refractivity contribution in [3.05, 3.63) is 11.6 Å². The molecule has 0 saturated carbocycles. The van der Waals surface area contributed by atoms with Crippen LogP contribution in [0.25, 0.3) is 0 Å². The van der Waals surface area contributed by atoms with Crippen molar-refractivity contribution >= 4 is 0 Å². The lowest BCUT2D eigenvalue weighted by Crippen LogP contribution is -2.37. The highest BCUT2D eigenvalue weighted by Crippen LogP contribution is 2.31. The van der Waals surface area contributed by atoms with E-state index in [2.05, 4.69) is 39.1 Å². The third-order valence-electron chi connectivity index (χ3n) is 2.54. The lowest BCUT2D eigenvalue weighted by molar-refractivity contribution is 0.354. The highest BCUT2D eigenvalue weighted by atomic mass is 14.9. The largest absolute Gasteiger partial charge is 0.316 e. The second-order valence-corrected chi connectivity index (χ2v) is 4.75. The molecule has 0 unspecified atom stereocenters. The molecule has 1 fully saturated rings. The van der Waals surface area contributed by atoms with E-state index < -0.39 is 0 Å². The van der Waals surface area contributed by atoms with Crippen LogP contribution >= 0.6 is 0 Å². The lowest BCUT2D eigenvalue weighted by atomic mass is 9.78. The third-order valence-corrected chi connectivity index (χ3v) is 2.54. The van der Waals surface area contributed by atoms with Crippen LogP contribution in [0.5, 0.6) is 0 Å². The maximum Gasteiger partial charge on any atom is 0.00400 e. The first-order valence-electron chi connectivity index (χ1n) is 4.94. The summed E-state index contributed by atoms with van der Waals surface area (Å²) in [5.41, 5.74) is 2.01. The van der Waals surface area contributed by atoms with E-state index in [-0.39, 0.29) is 0 Å². The fourth-order valence-corrected chi connectivity index (χ4v) is 1.79. The lowest BCUT2D eigenvalue weighted by Gasteiger charge is -2.34. The molecule has 0 aromatic rings. The molecule has 0 radical (unpaired) electrons. The molecule has 0 spiro atoms. The SMILES string of the molecule is CC(C)/C=C1/CCNCC1(C)C. The number of allylic oxidation sites excluding steroid dienone is 1. The number of rotatable bonds is 1. The van der Waals surface area contributed by atoms with Gasteiger partial charge in [-0.05, 0) is 24.3 Å². The monoisotopic (exact) mass is 167 g/mol. The molecule has 70 valence electrons. The van der Waals surface area contributed by atoms with Crippen molar-refractivity contribution in [2.75, 3.05) is 13.1 Å². The van der Waals surface area contributed by atoms with Gasteiger partial charge in [0.1, 0.15) is 0 Å². The average Bonchev–Trinajstić information content (AvgIpc) is 1.92. The molecule has 0 aliphatic carbocycles. The van der Waals surface area contributed by atoms with Crippen LogP contribution in [0.1, 0.15) is 34.1 Å². The summed E-state index contributed by atoms with van der Waals surface area (Å²) in [5, 5.41) is 3.44. The molecular weight excluding hydrogens is 146 g/mol. The van der Waals surface area contributed by atoms with E-state index in [0.717, 1.165) is 13.1 Å². The minimum absolute atomic E-state index is 0.377. The Morgan fingerprint density at radius 1 is 1.42 bits per heavy atom. The van der Waals surface area contributed by atoms with E-state index in [1.807, 2.05) is 0 Å². The molecule has 0 atom stereocenters. The Morgan fingerprint density at radius 3 is 2.58 bits per heavy atom. The van der Waals surface area contributed by atoms with Gasteiger partial charge in [0.05, 0.1) is 0 Å². The first-order valence-corrected chi connectivity index (χ1v) is 4.94. The maximum atomic E-state index is 3.44. The van der Waals surface area contributed by atoms with E-state index in [0.29, 0.717) is 11.3 Å². The molecule has 1 heteroatoms. The van der Waals surface area contributed by atoms with Gasteiger partial charge >= 0.3 is 0 Å². The summed E-state index contributed by atoms with van der Waals surface area (Å²) in [6, 6.07) is 0. The van der Waals surface area contributed by atoms with Gasteiger partial charge in [-0.3, -0.25) is 0 Å². The first kappa shape index (κ1) is 9.79. The summed E-state index contributed by atoms with van der Waals surface area (Å²) in [7, 11) is 0. The van der Waals surface area contributed by atoms with Crippen LogP contribution in [0, 0.1) is 11.3 Å². The predicted molar refractivity (Wildman–Crippen MR) is 54.2 cm³/mol. The predicted octanol–water partition coefficient (Wildman–Crippen LogP) is 2.59. The van der Waals surface area contributed by atoms with Gasteiger partial charge in [-0.15, -0.1) is 0 Å². The van der Waals surface area contributed by atoms with Gasteiger partial charge in [0, 0.05) is 6.54 Å². The molecule has 1 saturated heterocycles. The number of piperidine rings is 1. The third kappa shape index (κ3) is 2.34. The zero-order chi connectivity index (χ0) is 9.19. The Labute approximate surface area is 76.2 Å². The molecule has 12 heavy (non-hydrogen) atoms. The number of hydrogen-bond donors (Lipinski definition) is 1. The van der Waals surface area contributed by atoms with E-state index in [1.54, 1.807) is 5.57 Å². The van der Waals surface area contributed by atoms with E-state index in [9.17, 15) is 0 Å². The molecule has 1 aliphatic heterocycles. The zero-order valence-corrected chi connectivity index (χ0v) is 8.78. The molecular formula is C11H21N. The molecule has 0 aromatic heterocycles. The summed E-state index contributed by atoms with van der Waals surface area (Å²) >= 11 is 0. The van der Waals surface area contributed by atoms with Gasteiger partial charge in [0.2, 0.25) is 0 Å². The fourth-order valence-electron chi connectivity index (χ4n) is 1.79. The van der Waals surface area contributed by atoms with Gasteiger partial charge in [-0.25, -0.2) is 0 Å². The zero-order valence-electron chi connectivity index (χ0n) is 8.78. The van der Waals surface area contributed by atoms with Crippen LogP contribution in [0.15, 0.2) is 11.6 Å². The molecule has 1 nitrogen and oxygen atoms in total. The topological polar surface area (TPSA) is 12.0 Å². The van der Waals surface area contributed by atoms with Crippen LogP contribution in [0.2, 0.25) is 0 Å². The molecule has 1 rings (SSSR count). The van der Waals surface area contributed by atoms with Gasteiger partial charge in [-0.2, -0.15) is 0 Å². The number of hydrogen-bond acceptors (Lipinski definition) is 1. The van der Waals surface area contributed by atoms with Gasteiger partial charge in [0.25, 0.3) is 0 Å². The van der Waals surface area contributed by atoms with Crippen molar-refractivity contribution in [1.82, 2.24) is 5.32 Å². The van der Waals surface area contributed by atoms with E-state index in [4.69, 9.17) is 0 Å². The Bertz CT molecular complexity index is 177. The summed E-state index contributed by atoms with van der Waals surface area (Å²) in [6.07, 6.45) is 3.66. The fraction of sp³-hybridized carbons (Fsp3) is 0.818. The van der Waals surface area contributed by atoms with Crippen LogP contribution in [0.3, 0.4) is 0 Å². The normalized spacial score (nSPS) is 26.6. The minimum atomic E-state index is 0.377. The first-order chi connectivity index (χ1) is 5.52. The Kier molecular flexibility index (Phi) is 2.94. The molecule has 0 bridgehead atoms. The quantitative estimate of drug-likeness (QED) is 0.592. The van der Waals surface area contributed by atoms with E-state index in [1.165, 1.54) is 6.42 Å². The Hall–Kier alpha value is -0.300. The molecule has 0 amide bonds. The maximum absolute atomic E-state index is 3.44.